The molecule has 140 valence electrons. The van der Waals surface area contributed by atoms with Crippen LogP contribution in [0.5, 0.6) is 0 Å². The van der Waals surface area contributed by atoms with Gasteiger partial charge in [-0.05, 0) is 43.3 Å². The number of carbonyl (C=O) groups is 2. The number of nitrogens with one attached hydrogen (secondary N) is 1. The summed E-state index contributed by atoms with van der Waals surface area (Å²) in [4.78, 5) is 32.4. The highest BCUT2D eigenvalue weighted by atomic mass is 32.1. The summed E-state index contributed by atoms with van der Waals surface area (Å²) in [6.45, 7) is 3.80. The van der Waals surface area contributed by atoms with Gasteiger partial charge in [0.2, 0.25) is 5.91 Å². The van der Waals surface area contributed by atoms with E-state index in [-0.39, 0.29) is 24.4 Å². The first kappa shape index (κ1) is 17.7. The van der Waals surface area contributed by atoms with E-state index in [4.69, 9.17) is 4.98 Å². The quantitative estimate of drug-likeness (QED) is 0.737. The Hall–Kier alpha value is -2.67. The highest BCUT2D eigenvalue weighted by Crippen LogP contribution is 2.22. The standard InChI is InChI=1S/C20H22N4O2S/c1-14(21-20(26)17-9-6-12-27-17)19-22-15-7-2-3-8-16(15)24(19)13-18(25)23-10-4-5-11-23/h2-3,6-9,12,14H,4-5,10-11,13H2,1H3,(H,21,26). The molecular weight excluding hydrogens is 360 g/mol. The fourth-order valence-electron chi connectivity index (χ4n) is 3.53. The number of likely N-dealkylation sites (tertiary alicyclic amines) is 1. The molecule has 3 heterocycles. The average Bonchev–Trinajstić information content (AvgIpc) is 3.42. The van der Waals surface area contributed by atoms with Crippen LogP contribution in [0, 0.1) is 0 Å². The molecule has 1 aliphatic rings. The number of fused-ring (bicyclic) bond motifs is 1. The van der Waals surface area contributed by atoms with Crippen LogP contribution in [0.1, 0.15) is 41.3 Å². The third kappa shape index (κ3) is 3.60. The number of nitrogens with zero attached hydrogens (tertiary/aromatic N) is 3. The van der Waals surface area contributed by atoms with Crippen LogP contribution in [0.15, 0.2) is 41.8 Å². The van der Waals surface area contributed by atoms with Crippen LogP contribution < -0.4 is 5.32 Å². The third-order valence-corrected chi connectivity index (χ3v) is 5.78. The van der Waals surface area contributed by atoms with Gasteiger partial charge in [0.1, 0.15) is 12.4 Å². The fourth-order valence-corrected chi connectivity index (χ4v) is 4.16. The molecule has 2 aromatic heterocycles. The zero-order valence-electron chi connectivity index (χ0n) is 15.2. The first-order valence-corrected chi connectivity index (χ1v) is 10.1. The van der Waals surface area contributed by atoms with E-state index in [1.165, 1.54) is 11.3 Å². The molecule has 2 amide bonds. The lowest BCUT2D eigenvalue weighted by Crippen LogP contribution is -2.33. The van der Waals surface area contributed by atoms with E-state index in [1.807, 2.05) is 52.1 Å². The molecule has 0 aliphatic carbocycles. The molecule has 1 aliphatic heterocycles. The van der Waals surface area contributed by atoms with E-state index in [0.717, 1.165) is 37.0 Å². The number of benzene rings is 1. The summed E-state index contributed by atoms with van der Waals surface area (Å²) in [5.74, 6) is 0.685. The summed E-state index contributed by atoms with van der Waals surface area (Å²) in [6, 6.07) is 11.1. The van der Waals surface area contributed by atoms with Gasteiger partial charge in [-0.1, -0.05) is 18.2 Å². The van der Waals surface area contributed by atoms with Crippen LogP contribution in [-0.2, 0) is 11.3 Å². The summed E-state index contributed by atoms with van der Waals surface area (Å²) in [5.41, 5.74) is 1.75. The van der Waals surface area contributed by atoms with E-state index in [0.29, 0.717) is 10.7 Å². The Kier molecular flexibility index (Phi) is 4.94. The number of carbonyl (C=O) groups excluding carboxylic acids is 2. The van der Waals surface area contributed by atoms with E-state index in [2.05, 4.69) is 5.32 Å². The van der Waals surface area contributed by atoms with Crippen molar-refractivity contribution in [3.05, 3.63) is 52.5 Å². The van der Waals surface area contributed by atoms with Crippen LogP contribution in [0.4, 0.5) is 0 Å². The first-order valence-electron chi connectivity index (χ1n) is 9.21. The van der Waals surface area contributed by atoms with Crippen molar-refractivity contribution in [1.29, 1.82) is 0 Å². The second-order valence-corrected chi connectivity index (χ2v) is 7.75. The lowest BCUT2D eigenvalue weighted by Gasteiger charge is -2.19. The molecule has 1 aromatic carbocycles. The normalized spacial score (nSPS) is 15.2. The Labute approximate surface area is 161 Å². The number of amides is 2. The summed E-state index contributed by atoms with van der Waals surface area (Å²) < 4.78 is 1.94. The van der Waals surface area contributed by atoms with Gasteiger partial charge in [0.15, 0.2) is 0 Å². The zero-order valence-corrected chi connectivity index (χ0v) is 16.0. The van der Waals surface area contributed by atoms with Gasteiger partial charge in [-0.25, -0.2) is 4.98 Å². The molecule has 0 saturated carbocycles. The predicted molar refractivity (Wildman–Crippen MR) is 106 cm³/mol. The Morgan fingerprint density at radius 2 is 1.96 bits per heavy atom. The Morgan fingerprint density at radius 1 is 1.19 bits per heavy atom. The first-order chi connectivity index (χ1) is 13.1. The van der Waals surface area contributed by atoms with Crippen LogP contribution in [0.25, 0.3) is 11.0 Å². The monoisotopic (exact) mass is 382 g/mol. The lowest BCUT2D eigenvalue weighted by atomic mass is 10.3. The molecule has 0 bridgehead atoms. The van der Waals surface area contributed by atoms with Crippen molar-refractivity contribution in [3.8, 4) is 0 Å². The Bertz CT molecular complexity index is 958. The molecule has 6 nitrogen and oxygen atoms in total. The van der Waals surface area contributed by atoms with Gasteiger partial charge in [-0.3, -0.25) is 9.59 Å². The zero-order chi connectivity index (χ0) is 18.8. The number of hydrogen-bond donors (Lipinski definition) is 1. The molecular formula is C20H22N4O2S. The van der Waals surface area contributed by atoms with Gasteiger partial charge in [0, 0.05) is 13.1 Å². The predicted octanol–water partition coefficient (Wildman–Crippen LogP) is 3.21. The maximum Gasteiger partial charge on any atom is 0.261 e. The number of hydrogen-bond acceptors (Lipinski definition) is 4. The maximum atomic E-state index is 12.7. The van der Waals surface area contributed by atoms with Gasteiger partial charge < -0.3 is 14.8 Å². The molecule has 1 saturated heterocycles. The van der Waals surface area contributed by atoms with Crippen LogP contribution >= 0.6 is 11.3 Å². The number of imidazole rings is 1. The van der Waals surface area contributed by atoms with Crippen molar-refractivity contribution in [2.24, 2.45) is 0 Å². The molecule has 3 aromatic rings. The van der Waals surface area contributed by atoms with Crippen LogP contribution in [-0.4, -0.2) is 39.4 Å². The van der Waals surface area contributed by atoms with Gasteiger partial charge >= 0.3 is 0 Å². The highest BCUT2D eigenvalue weighted by Gasteiger charge is 2.23. The minimum atomic E-state index is -0.307. The molecule has 7 heteroatoms. The maximum absolute atomic E-state index is 12.7. The molecule has 0 radical (unpaired) electrons. The third-order valence-electron chi connectivity index (χ3n) is 4.92. The van der Waals surface area contributed by atoms with Crippen molar-refractivity contribution >= 4 is 34.2 Å². The molecule has 0 spiro atoms. The van der Waals surface area contributed by atoms with E-state index in [1.54, 1.807) is 6.07 Å². The summed E-state index contributed by atoms with van der Waals surface area (Å²) in [7, 11) is 0. The number of para-hydroxylation sites is 2. The summed E-state index contributed by atoms with van der Waals surface area (Å²) in [5, 5.41) is 4.88. The number of thiophene rings is 1. The minimum absolute atomic E-state index is 0.105. The fraction of sp³-hybridized carbons (Fsp3) is 0.350. The van der Waals surface area contributed by atoms with Crippen molar-refractivity contribution < 1.29 is 9.59 Å². The van der Waals surface area contributed by atoms with Crippen molar-refractivity contribution in [2.75, 3.05) is 13.1 Å². The summed E-state index contributed by atoms with van der Waals surface area (Å²) in [6.07, 6.45) is 2.13. The molecule has 4 rings (SSSR count). The van der Waals surface area contributed by atoms with Gasteiger partial charge in [0.25, 0.3) is 5.91 Å². The molecule has 1 fully saturated rings. The van der Waals surface area contributed by atoms with E-state index in [9.17, 15) is 9.59 Å². The highest BCUT2D eigenvalue weighted by molar-refractivity contribution is 7.12. The average molecular weight is 382 g/mol. The SMILES string of the molecule is CC(NC(=O)c1cccs1)c1nc2ccccc2n1CC(=O)N1CCCC1. The second-order valence-electron chi connectivity index (χ2n) is 6.81. The number of aromatic nitrogens is 2. The van der Waals surface area contributed by atoms with Crippen molar-refractivity contribution in [1.82, 2.24) is 19.8 Å². The van der Waals surface area contributed by atoms with Gasteiger partial charge in [-0.2, -0.15) is 0 Å². The molecule has 27 heavy (non-hydrogen) atoms. The second kappa shape index (κ2) is 7.52. The lowest BCUT2D eigenvalue weighted by molar-refractivity contribution is -0.130. The smallest absolute Gasteiger partial charge is 0.261 e. The van der Waals surface area contributed by atoms with Crippen molar-refractivity contribution in [2.45, 2.75) is 32.4 Å². The largest absolute Gasteiger partial charge is 0.342 e. The number of rotatable bonds is 5. The molecule has 1 unspecified atom stereocenters. The Morgan fingerprint density at radius 3 is 2.70 bits per heavy atom. The van der Waals surface area contributed by atoms with Gasteiger partial charge in [0.05, 0.1) is 22.0 Å². The Balaban J connectivity index is 1.62. The summed E-state index contributed by atoms with van der Waals surface area (Å²) >= 11 is 1.40. The molecule has 1 atom stereocenters. The van der Waals surface area contributed by atoms with Crippen molar-refractivity contribution in [3.63, 3.8) is 0 Å². The van der Waals surface area contributed by atoms with Gasteiger partial charge in [-0.15, -0.1) is 11.3 Å². The van der Waals surface area contributed by atoms with E-state index >= 15 is 0 Å². The van der Waals surface area contributed by atoms with E-state index < -0.39 is 0 Å². The topological polar surface area (TPSA) is 67.2 Å². The minimum Gasteiger partial charge on any atom is -0.342 e. The van der Waals surface area contributed by atoms with Crippen LogP contribution in [0.2, 0.25) is 0 Å². The van der Waals surface area contributed by atoms with Crippen LogP contribution in [0.3, 0.4) is 0 Å². The molecule has 1 N–H and O–H groups in total.